The van der Waals surface area contributed by atoms with E-state index in [1.54, 1.807) is 0 Å². The summed E-state index contributed by atoms with van der Waals surface area (Å²) in [6, 6.07) is 8.54. The van der Waals surface area contributed by atoms with E-state index in [2.05, 4.69) is 56.4 Å². The Morgan fingerprint density at radius 1 is 1.39 bits per heavy atom. The van der Waals surface area contributed by atoms with Gasteiger partial charge in [-0.2, -0.15) is 5.10 Å². The molecule has 6 nitrogen and oxygen atoms in total. The third-order valence-electron chi connectivity index (χ3n) is 5.84. The van der Waals surface area contributed by atoms with Crippen LogP contribution in [0, 0.1) is 0 Å². The molecule has 0 amide bonds. The van der Waals surface area contributed by atoms with Crippen molar-refractivity contribution >= 4 is 17.6 Å². The Balaban J connectivity index is 1.35. The normalized spacial score (nSPS) is 20.8. The standard InChI is InChI=1S/C21H29ClN6/c1-14(2)19-26-18-8-7-17(12-28(18)27-19)25-20(23-3)24-13-21(9-10-21)15-5-4-6-16(22)11-15/h4-6,11,14,17H,7-10,12-13H2,1-3H3,(H2,23,24,25). The number of aromatic nitrogens is 3. The summed E-state index contributed by atoms with van der Waals surface area (Å²) in [4.78, 5) is 9.11. The smallest absolute Gasteiger partial charge is 0.191 e. The molecular formula is C21H29ClN6. The second kappa shape index (κ2) is 7.74. The molecule has 150 valence electrons. The number of nitrogens with one attached hydrogen (secondary N) is 2. The van der Waals surface area contributed by atoms with Crippen LogP contribution in [0.3, 0.4) is 0 Å². The minimum atomic E-state index is 0.181. The van der Waals surface area contributed by atoms with Crippen LogP contribution in [-0.2, 0) is 18.4 Å². The van der Waals surface area contributed by atoms with Gasteiger partial charge in [-0.1, -0.05) is 37.6 Å². The molecule has 1 aromatic carbocycles. The number of rotatable bonds is 5. The van der Waals surface area contributed by atoms with E-state index >= 15 is 0 Å². The number of halogens is 1. The van der Waals surface area contributed by atoms with Crippen LogP contribution in [0.2, 0.25) is 5.02 Å². The minimum absolute atomic E-state index is 0.181. The molecule has 4 rings (SSSR count). The number of aryl methyl sites for hydroxylation is 1. The van der Waals surface area contributed by atoms with Crippen LogP contribution in [0.15, 0.2) is 29.3 Å². The van der Waals surface area contributed by atoms with Crippen molar-refractivity contribution in [2.75, 3.05) is 13.6 Å². The quantitative estimate of drug-likeness (QED) is 0.597. The maximum absolute atomic E-state index is 6.19. The van der Waals surface area contributed by atoms with Crippen molar-refractivity contribution < 1.29 is 0 Å². The van der Waals surface area contributed by atoms with E-state index in [0.29, 0.717) is 12.0 Å². The van der Waals surface area contributed by atoms with Crippen molar-refractivity contribution in [2.45, 2.75) is 63.5 Å². The Morgan fingerprint density at radius 3 is 2.89 bits per heavy atom. The summed E-state index contributed by atoms with van der Waals surface area (Å²) in [6.07, 6.45) is 4.35. The lowest BCUT2D eigenvalue weighted by Gasteiger charge is -2.26. The van der Waals surface area contributed by atoms with Crippen LogP contribution in [0.1, 0.15) is 56.2 Å². The van der Waals surface area contributed by atoms with Crippen LogP contribution < -0.4 is 10.6 Å². The van der Waals surface area contributed by atoms with E-state index in [-0.39, 0.29) is 5.41 Å². The fraction of sp³-hybridized carbons (Fsp3) is 0.571. The summed E-state index contributed by atoms with van der Waals surface area (Å²) >= 11 is 6.19. The summed E-state index contributed by atoms with van der Waals surface area (Å²) < 4.78 is 2.05. The molecule has 2 heterocycles. The monoisotopic (exact) mass is 400 g/mol. The van der Waals surface area contributed by atoms with Gasteiger partial charge in [0.15, 0.2) is 11.8 Å². The van der Waals surface area contributed by atoms with Gasteiger partial charge in [0.2, 0.25) is 0 Å². The first-order chi connectivity index (χ1) is 13.5. The zero-order chi connectivity index (χ0) is 19.7. The highest BCUT2D eigenvalue weighted by molar-refractivity contribution is 6.30. The maximum Gasteiger partial charge on any atom is 0.191 e. The molecule has 1 unspecified atom stereocenters. The first kappa shape index (κ1) is 19.2. The summed E-state index contributed by atoms with van der Waals surface area (Å²) in [7, 11) is 1.83. The SMILES string of the molecule is CN=C(NCC1(c2cccc(Cl)c2)CC1)NC1CCc2nc(C(C)C)nn2C1. The third-order valence-corrected chi connectivity index (χ3v) is 6.08. The van der Waals surface area contributed by atoms with Crippen LogP contribution in [0.25, 0.3) is 0 Å². The molecule has 1 aliphatic heterocycles. The first-order valence-corrected chi connectivity index (χ1v) is 10.5. The summed E-state index contributed by atoms with van der Waals surface area (Å²) in [5.74, 6) is 3.25. The molecule has 1 saturated carbocycles. The summed E-state index contributed by atoms with van der Waals surface area (Å²) in [5.41, 5.74) is 1.49. The van der Waals surface area contributed by atoms with Gasteiger partial charge in [-0.3, -0.25) is 4.99 Å². The number of aliphatic imine (C=N–C) groups is 1. The predicted octanol–water partition coefficient (Wildman–Crippen LogP) is 3.27. The minimum Gasteiger partial charge on any atom is -0.356 e. The van der Waals surface area contributed by atoms with Gasteiger partial charge < -0.3 is 10.6 Å². The number of hydrogen-bond acceptors (Lipinski definition) is 3. The zero-order valence-electron chi connectivity index (χ0n) is 16.9. The zero-order valence-corrected chi connectivity index (χ0v) is 17.6. The van der Waals surface area contributed by atoms with Crippen LogP contribution in [0.4, 0.5) is 0 Å². The number of fused-ring (bicyclic) bond motifs is 1. The van der Waals surface area contributed by atoms with Crippen LogP contribution in [0.5, 0.6) is 0 Å². The van der Waals surface area contributed by atoms with Crippen molar-refractivity contribution in [1.29, 1.82) is 0 Å². The molecule has 28 heavy (non-hydrogen) atoms. The van der Waals surface area contributed by atoms with Crippen molar-refractivity contribution in [2.24, 2.45) is 4.99 Å². The molecule has 0 spiro atoms. The average molecular weight is 401 g/mol. The second-order valence-corrected chi connectivity index (χ2v) is 8.76. The lowest BCUT2D eigenvalue weighted by Crippen LogP contribution is -2.48. The molecule has 2 N–H and O–H groups in total. The van der Waals surface area contributed by atoms with Gasteiger partial charge in [0.1, 0.15) is 5.82 Å². The van der Waals surface area contributed by atoms with Crippen molar-refractivity contribution in [3.8, 4) is 0 Å². The Morgan fingerprint density at radius 2 is 2.21 bits per heavy atom. The van der Waals surface area contributed by atoms with E-state index in [9.17, 15) is 0 Å². The molecule has 1 aromatic heterocycles. The third kappa shape index (κ3) is 4.02. The highest BCUT2D eigenvalue weighted by Gasteiger charge is 2.44. The molecule has 2 aliphatic rings. The van der Waals surface area contributed by atoms with Gasteiger partial charge in [0.05, 0.1) is 6.54 Å². The fourth-order valence-electron chi connectivity index (χ4n) is 3.87. The molecule has 2 aromatic rings. The van der Waals surface area contributed by atoms with Gasteiger partial charge in [0.25, 0.3) is 0 Å². The average Bonchev–Trinajstić information content (AvgIpc) is 3.35. The van der Waals surface area contributed by atoms with E-state index < -0.39 is 0 Å². The van der Waals surface area contributed by atoms with Crippen LogP contribution in [-0.4, -0.2) is 40.4 Å². The van der Waals surface area contributed by atoms with Gasteiger partial charge in [-0.25, -0.2) is 9.67 Å². The predicted molar refractivity (Wildman–Crippen MR) is 113 cm³/mol. The lowest BCUT2D eigenvalue weighted by atomic mass is 9.96. The lowest BCUT2D eigenvalue weighted by molar-refractivity contribution is 0.391. The Bertz CT molecular complexity index is 868. The maximum atomic E-state index is 6.19. The van der Waals surface area contributed by atoms with Gasteiger partial charge in [-0.15, -0.1) is 0 Å². The fourth-order valence-corrected chi connectivity index (χ4v) is 4.06. The molecule has 1 fully saturated rings. The van der Waals surface area contributed by atoms with Crippen molar-refractivity contribution in [3.05, 3.63) is 46.5 Å². The molecular weight excluding hydrogens is 372 g/mol. The number of benzene rings is 1. The largest absolute Gasteiger partial charge is 0.356 e. The highest BCUT2D eigenvalue weighted by Crippen LogP contribution is 2.48. The molecule has 0 radical (unpaired) electrons. The molecule has 1 atom stereocenters. The van der Waals surface area contributed by atoms with Gasteiger partial charge in [0, 0.05) is 42.4 Å². The number of nitrogens with zero attached hydrogens (tertiary/aromatic N) is 4. The number of guanidine groups is 1. The van der Waals surface area contributed by atoms with E-state index in [1.165, 1.54) is 18.4 Å². The topological polar surface area (TPSA) is 67.1 Å². The molecule has 7 heteroatoms. The van der Waals surface area contributed by atoms with Crippen molar-refractivity contribution in [3.63, 3.8) is 0 Å². The molecule has 0 saturated heterocycles. The first-order valence-electron chi connectivity index (χ1n) is 10.2. The van der Waals surface area contributed by atoms with Gasteiger partial charge in [-0.05, 0) is 37.0 Å². The number of hydrogen-bond donors (Lipinski definition) is 2. The Kier molecular flexibility index (Phi) is 5.32. The van der Waals surface area contributed by atoms with Crippen LogP contribution >= 0.6 is 11.6 Å². The Hall–Kier alpha value is -2.08. The summed E-state index contributed by atoms with van der Waals surface area (Å²) in [6.45, 7) is 5.97. The molecule has 0 bridgehead atoms. The Labute approximate surface area is 171 Å². The molecule has 1 aliphatic carbocycles. The van der Waals surface area contributed by atoms with E-state index in [4.69, 9.17) is 11.6 Å². The van der Waals surface area contributed by atoms with Gasteiger partial charge >= 0.3 is 0 Å². The highest BCUT2D eigenvalue weighted by atomic mass is 35.5. The van der Waals surface area contributed by atoms with Crippen molar-refractivity contribution in [1.82, 2.24) is 25.4 Å². The summed E-state index contributed by atoms with van der Waals surface area (Å²) in [5, 5.41) is 12.6. The van der Waals surface area contributed by atoms with E-state index in [1.807, 2.05) is 19.2 Å². The van der Waals surface area contributed by atoms with E-state index in [0.717, 1.165) is 48.6 Å². The second-order valence-electron chi connectivity index (χ2n) is 8.32.